The van der Waals surface area contributed by atoms with E-state index >= 15 is 0 Å². The van der Waals surface area contributed by atoms with Crippen LogP contribution in [0.2, 0.25) is 0 Å². The van der Waals surface area contributed by atoms with Crippen LogP contribution in [0.5, 0.6) is 5.75 Å². The van der Waals surface area contributed by atoms with Crippen molar-refractivity contribution in [3.05, 3.63) is 64.4 Å². The van der Waals surface area contributed by atoms with Crippen molar-refractivity contribution in [2.24, 2.45) is 0 Å². The molecule has 2 rings (SSSR count). The Morgan fingerprint density at radius 3 is 2.76 bits per heavy atom. The molecule has 0 radical (unpaired) electrons. The monoisotopic (exact) mass is 349 g/mol. The lowest BCUT2D eigenvalue weighted by Gasteiger charge is -2.05. The Kier molecular flexibility index (Phi) is 5.11. The smallest absolute Gasteiger partial charge is 0.248 e. The molecule has 0 bridgehead atoms. The minimum absolute atomic E-state index is 0.132. The van der Waals surface area contributed by atoms with Gasteiger partial charge in [-0.3, -0.25) is 4.79 Å². The highest BCUT2D eigenvalue weighted by Gasteiger charge is 2.05. The molecule has 0 aliphatic carbocycles. The maximum atomic E-state index is 13.6. The quantitative estimate of drug-likeness (QED) is 0.838. The zero-order valence-corrected chi connectivity index (χ0v) is 12.9. The molecular weight excluding hydrogens is 337 g/mol. The average molecular weight is 350 g/mol. The van der Waals surface area contributed by atoms with E-state index in [1.54, 1.807) is 25.3 Å². The van der Waals surface area contributed by atoms with Gasteiger partial charge < -0.3 is 10.1 Å². The number of benzene rings is 2. The van der Waals surface area contributed by atoms with Gasteiger partial charge in [-0.05, 0) is 30.3 Å². The zero-order valence-electron chi connectivity index (χ0n) is 11.3. The van der Waals surface area contributed by atoms with Crippen LogP contribution in [-0.4, -0.2) is 13.0 Å². The number of carbonyl (C=O) groups excluding carboxylic acids is 1. The molecule has 21 heavy (non-hydrogen) atoms. The first-order chi connectivity index (χ1) is 10.1. The summed E-state index contributed by atoms with van der Waals surface area (Å²) < 4.78 is 19.4. The number of ether oxygens (including phenoxy) is 1. The summed E-state index contributed by atoms with van der Waals surface area (Å²) in [4.78, 5) is 11.8. The predicted octanol–water partition coefficient (Wildman–Crippen LogP) is 4.25. The Bertz CT molecular complexity index is 686. The van der Waals surface area contributed by atoms with Gasteiger partial charge in [0.2, 0.25) is 5.91 Å². The molecule has 0 aliphatic rings. The summed E-state index contributed by atoms with van der Waals surface area (Å²) in [6.07, 6.45) is 2.95. The van der Waals surface area contributed by atoms with Gasteiger partial charge >= 0.3 is 0 Å². The first kappa shape index (κ1) is 15.3. The lowest BCUT2D eigenvalue weighted by Crippen LogP contribution is -2.09. The van der Waals surface area contributed by atoms with Crippen LogP contribution in [0.3, 0.4) is 0 Å². The van der Waals surface area contributed by atoms with E-state index in [1.807, 2.05) is 18.2 Å². The number of rotatable bonds is 4. The molecule has 0 heterocycles. The molecule has 3 nitrogen and oxygen atoms in total. The van der Waals surface area contributed by atoms with E-state index in [0.29, 0.717) is 10.2 Å². The van der Waals surface area contributed by atoms with E-state index in [1.165, 1.54) is 18.2 Å². The van der Waals surface area contributed by atoms with Crippen molar-refractivity contribution in [3.8, 4) is 5.75 Å². The van der Waals surface area contributed by atoms with Crippen molar-refractivity contribution in [1.29, 1.82) is 0 Å². The second-order valence-electron chi connectivity index (χ2n) is 4.19. The molecule has 0 saturated carbocycles. The van der Waals surface area contributed by atoms with E-state index in [9.17, 15) is 9.18 Å². The Morgan fingerprint density at radius 1 is 1.29 bits per heavy atom. The summed E-state index contributed by atoms with van der Waals surface area (Å²) in [5.74, 6) is -0.248. The molecule has 1 N–H and O–H groups in total. The summed E-state index contributed by atoms with van der Waals surface area (Å²) in [5, 5.41) is 2.48. The second-order valence-corrected chi connectivity index (χ2v) is 5.10. The molecule has 5 heteroatoms. The minimum atomic E-state index is -0.497. The van der Waals surface area contributed by atoms with Crippen molar-refractivity contribution in [2.45, 2.75) is 0 Å². The third-order valence-corrected chi connectivity index (χ3v) is 3.24. The number of methoxy groups -OCH3 is 1. The first-order valence-electron chi connectivity index (χ1n) is 6.17. The van der Waals surface area contributed by atoms with Crippen LogP contribution in [0.15, 0.2) is 53.0 Å². The van der Waals surface area contributed by atoms with Gasteiger partial charge in [0.15, 0.2) is 0 Å². The van der Waals surface area contributed by atoms with E-state index < -0.39 is 11.7 Å². The van der Waals surface area contributed by atoms with Crippen LogP contribution in [0.25, 0.3) is 6.08 Å². The third kappa shape index (κ3) is 4.16. The zero-order chi connectivity index (χ0) is 15.2. The number of anilines is 1. The third-order valence-electron chi connectivity index (χ3n) is 2.74. The molecule has 1 amide bonds. The molecule has 0 aliphatic heterocycles. The van der Waals surface area contributed by atoms with E-state index in [2.05, 4.69) is 21.2 Å². The molecule has 2 aromatic rings. The maximum Gasteiger partial charge on any atom is 0.248 e. The second kappa shape index (κ2) is 7.04. The SMILES string of the molecule is COc1ccccc1C=CC(=O)Nc1ccc(Br)cc1F. The largest absolute Gasteiger partial charge is 0.496 e. The van der Waals surface area contributed by atoms with Crippen LogP contribution in [-0.2, 0) is 4.79 Å². The van der Waals surface area contributed by atoms with Gasteiger partial charge in [-0.2, -0.15) is 0 Å². The molecule has 0 saturated heterocycles. The molecule has 0 spiro atoms. The fourth-order valence-electron chi connectivity index (χ4n) is 1.73. The van der Waals surface area contributed by atoms with Gasteiger partial charge in [-0.15, -0.1) is 0 Å². The average Bonchev–Trinajstić information content (AvgIpc) is 2.48. The highest BCUT2D eigenvalue weighted by Crippen LogP contribution is 2.20. The van der Waals surface area contributed by atoms with Crippen molar-refractivity contribution < 1.29 is 13.9 Å². The summed E-state index contributed by atoms with van der Waals surface area (Å²) in [7, 11) is 1.56. The number of hydrogen-bond acceptors (Lipinski definition) is 2. The molecule has 0 atom stereocenters. The predicted molar refractivity (Wildman–Crippen MR) is 84.8 cm³/mol. The van der Waals surface area contributed by atoms with Gasteiger partial charge in [0, 0.05) is 16.1 Å². The number of amides is 1. The van der Waals surface area contributed by atoms with Gasteiger partial charge in [0.1, 0.15) is 11.6 Å². The Balaban J connectivity index is 2.09. The molecule has 2 aromatic carbocycles. The van der Waals surface area contributed by atoms with Gasteiger partial charge in [-0.1, -0.05) is 34.1 Å². The molecular formula is C16H13BrFNO2. The van der Waals surface area contributed by atoms with E-state index in [4.69, 9.17) is 4.74 Å². The van der Waals surface area contributed by atoms with Crippen molar-refractivity contribution in [3.63, 3.8) is 0 Å². The molecule has 0 fully saturated rings. The van der Waals surface area contributed by atoms with Crippen molar-refractivity contribution in [2.75, 3.05) is 12.4 Å². The highest BCUT2D eigenvalue weighted by molar-refractivity contribution is 9.10. The van der Waals surface area contributed by atoms with E-state index in [-0.39, 0.29) is 5.69 Å². The standard InChI is InChI=1S/C16H13BrFNO2/c1-21-15-5-3-2-4-11(15)6-9-16(20)19-14-8-7-12(17)10-13(14)18/h2-10H,1H3,(H,19,20). The summed E-state index contributed by atoms with van der Waals surface area (Å²) in [6, 6.07) is 11.7. The normalized spacial score (nSPS) is 10.6. The number of halogens is 2. The van der Waals surface area contributed by atoms with Crippen molar-refractivity contribution in [1.82, 2.24) is 0 Å². The molecule has 0 unspecified atom stereocenters. The lowest BCUT2D eigenvalue weighted by atomic mass is 10.2. The van der Waals surface area contributed by atoms with Gasteiger partial charge in [0.05, 0.1) is 12.8 Å². The first-order valence-corrected chi connectivity index (χ1v) is 6.96. The summed E-state index contributed by atoms with van der Waals surface area (Å²) >= 11 is 3.16. The molecule has 108 valence electrons. The summed E-state index contributed by atoms with van der Waals surface area (Å²) in [6.45, 7) is 0. The lowest BCUT2D eigenvalue weighted by molar-refractivity contribution is -0.111. The Hall–Kier alpha value is -2.14. The Labute approximate surface area is 130 Å². The number of carbonyl (C=O) groups is 1. The fourth-order valence-corrected chi connectivity index (χ4v) is 2.07. The summed E-state index contributed by atoms with van der Waals surface area (Å²) in [5.41, 5.74) is 0.902. The number of para-hydroxylation sites is 1. The van der Waals surface area contributed by atoms with Crippen LogP contribution < -0.4 is 10.1 Å². The maximum absolute atomic E-state index is 13.6. The minimum Gasteiger partial charge on any atom is -0.496 e. The van der Waals surface area contributed by atoms with Gasteiger partial charge in [-0.25, -0.2) is 4.39 Å². The number of hydrogen-bond donors (Lipinski definition) is 1. The highest BCUT2D eigenvalue weighted by atomic mass is 79.9. The van der Waals surface area contributed by atoms with E-state index in [0.717, 1.165) is 5.56 Å². The fraction of sp³-hybridized carbons (Fsp3) is 0.0625. The topological polar surface area (TPSA) is 38.3 Å². The van der Waals surface area contributed by atoms with Gasteiger partial charge in [0.25, 0.3) is 0 Å². The number of nitrogens with one attached hydrogen (secondary N) is 1. The molecule has 0 aromatic heterocycles. The van der Waals surface area contributed by atoms with Crippen LogP contribution in [0.1, 0.15) is 5.56 Å². The van der Waals surface area contributed by atoms with Crippen molar-refractivity contribution >= 4 is 33.6 Å². The van der Waals surface area contributed by atoms with Crippen LogP contribution in [0, 0.1) is 5.82 Å². The van der Waals surface area contributed by atoms with Crippen LogP contribution >= 0.6 is 15.9 Å². The van der Waals surface area contributed by atoms with Crippen LogP contribution in [0.4, 0.5) is 10.1 Å². The Morgan fingerprint density at radius 2 is 2.05 bits per heavy atom.